The number of carbonyl (C=O) groups excluding carboxylic acids is 3. The molecule has 2 N–H and O–H groups in total. The molecule has 0 radical (unpaired) electrons. The molecule has 218 valence electrons. The number of ether oxygens (including phenoxy) is 1. The third-order valence-corrected chi connectivity index (χ3v) is 13.1. The number of nitrogens with one attached hydrogen (secondary N) is 2. The van der Waals surface area contributed by atoms with E-state index in [0.717, 1.165) is 26.4 Å². The first-order valence-electron chi connectivity index (χ1n) is 10.5. The minimum atomic E-state index is -6.09. The lowest BCUT2D eigenvalue weighted by Crippen LogP contribution is -2.34. The number of benzene rings is 3. The summed E-state index contributed by atoms with van der Waals surface area (Å²) in [5.74, 6) is -2.53. The van der Waals surface area contributed by atoms with E-state index < -0.39 is 45.3 Å². The van der Waals surface area contributed by atoms with E-state index in [9.17, 15) is 36.1 Å². The van der Waals surface area contributed by atoms with Crippen LogP contribution in [0, 0.1) is 21.4 Å². The molecule has 3 rings (SSSR count). The Morgan fingerprint density at radius 1 is 0.756 bits per heavy atom. The van der Waals surface area contributed by atoms with Gasteiger partial charge in [0.05, 0.1) is 16.7 Å². The smallest absolute Gasteiger partial charge is 0.367 e. The Morgan fingerprint density at radius 2 is 1.17 bits per heavy atom. The van der Waals surface area contributed by atoms with Gasteiger partial charge in [-0.3, -0.25) is 9.59 Å². The first kappa shape index (κ1) is 35.7. The van der Waals surface area contributed by atoms with Crippen LogP contribution in [0.15, 0.2) is 42.5 Å². The Balaban J connectivity index is 2.00. The van der Waals surface area contributed by atoms with Gasteiger partial charge in [-0.1, -0.05) is 0 Å². The van der Waals surface area contributed by atoms with Crippen LogP contribution in [0.4, 0.5) is 20.2 Å². The molecule has 0 aliphatic carbocycles. The van der Waals surface area contributed by atoms with E-state index in [1.54, 1.807) is 12.1 Å². The van der Waals surface area contributed by atoms with Crippen molar-refractivity contribution in [3.63, 3.8) is 0 Å². The number of anilines is 2. The van der Waals surface area contributed by atoms with E-state index in [0.29, 0.717) is 18.3 Å². The molecule has 18 heteroatoms. The fourth-order valence-corrected chi connectivity index (χ4v) is 8.04. The molecular weight excluding hydrogens is 1250 g/mol. The monoisotopic (exact) mass is 1260 g/mol. The SMILES string of the molecule is O=C(OCC(F)(F)S(=O)(=O)[O-])c1cc(NC(=O)c2cc(I)cc(I)c2I)cc(NC(=O)c2cc(I)cc(I)c2I)c1. The molecule has 0 fully saturated rings. The van der Waals surface area contributed by atoms with Crippen LogP contribution < -0.4 is 10.6 Å². The summed E-state index contributed by atoms with van der Waals surface area (Å²) in [5.41, 5.74) is 0.239. The van der Waals surface area contributed by atoms with Crippen molar-refractivity contribution in [1.82, 2.24) is 0 Å². The van der Waals surface area contributed by atoms with Crippen LogP contribution in [0.2, 0.25) is 0 Å². The highest BCUT2D eigenvalue weighted by atomic mass is 127. The first-order chi connectivity index (χ1) is 18.9. The molecule has 3 aromatic rings. The van der Waals surface area contributed by atoms with Crippen molar-refractivity contribution in [2.24, 2.45) is 0 Å². The number of hydrogen-bond donors (Lipinski definition) is 2. The summed E-state index contributed by atoms with van der Waals surface area (Å²) in [7, 11) is -6.09. The summed E-state index contributed by atoms with van der Waals surface area (Å²) in [4.78, 5) is 38.9. The van der Waals surface area contributed by atoms with Crippen LogP contribution in [-0.2, 0) is 14.9 Å². The summed E-state index contributed by atoms with van der Waals surface area (Å²) in [6.45, 7) is -2.02. The standard InChI is InChI=1S/C23H12F2I6N2O7S/c24-23(25,41(37,38)39)8-40-22(36)9-1-12(32-20(34)14-3-10(26)5-16(28)18(14)30)7-13(2-9)33-21(35)15-4-11(27)6-17(29)19(15)31/h1-7H,8H2,(H,32,34)(H,33,35)(H,37,38,39)/p-1. The number of esters is 1. The third kappa shape index (κ3) is 9.36. The fraction of sp³-hybridized carbons (Fsp3) is 0.0870. The van der Waals surface area contributed by atoms with E-state index in [1.807, 2.05) is 57.3 Å². The van der Waals surface area contributed by atoms with Gasteiger partial charge in [0.15, 0.2) is 16.7 Å². The van der Waals surface area contributed by atoms with Gasteiger partial charge in [-0.2, -0.15) is 8.78 Å². The van der Waals surface area contributed by atoms with Gasteiger partial charge in [0.1, 0.15) is 0 Å². The van der Waals surface area contributed by atoms with Crippen LogP contribution >= 0.6 is 136 Å². The zero-order valence-electron chi connectivity index (χ0n) is 19.5. The number of rotatable bonds is 8. The maximum atomic E-state index is 13.6. The molecule has 9 nitrogen and oxygen atoms in total. The summed E-state index contributed by atoms with van der Waals surface area (Å²) in [6, 6.07) is 10.6. The lowest BCUT2D eigenvalue weighted by atomic mass is 10.1. The molecule has 0 bridgehead atoms. The topological polar surface area (TPSA) is 142 Å². The maximum Gasteiger partial charge on any atom is 0.367 e. The molecule has 0 aliphatic rings. The van der Waals surface area contributed by atoms with Crippen LogP contribution in [-0.4, -0.2) is 42.6 Å². The largest absolute Gasteiger partial charge is 0.743 e. The Labute approximate surface area is 314 Å². The number of hydrogen-bond acceptors (Lipinski definition) is 7. The summed E-state index contributed by atoms with van der Waals surface area (Å²) >= 11 is 12.3. The fourth-order valence-electron chi connectivity index (χ4n) is 3.03. The van der Waals surface area contributed by atoms with Gasteiger partial charge in [0, 0.05) is 32.8 Å². The van der Waals surface area contributed by atoms with Crippen molar-refractivity contribution in [1.29, 1.82) is 0 Å². The van der Waals surface area contributed by atoms with Crippen molar-refractivity contribution in [2.45, 2.75) is 5.25 Å². The molecule has 0 aliphatic heterocycles. The average molecular weight is 1260 g/mol. The predicted octanol–water partition coefficient (Wildman–Crippen LogP) is 7.11. The van der Waals surface area contributed by atoms with Crippen LogP contribution in [0.5, 0.6) is 0 Å². The van der Waals surface area contributed by atoms with Crippen molar-refractivity contribution < 1.29 is 40.9 Å². The molecule has 0 heterocycles. The highest BCUT2D eigenvalue weighted by Crippen LogP contribution is 2.28. The van der Waals surface area contributed by atoms with E-state index in [1.165, 1.54) is 6.07 Å². The molecular formula is C23H11F2I6N2O7S-. The molecule has 0 atom stereocenters. The molecule has 0 spiro atoms. The van der Waals surface area contributed by atoms with E-state index in [4.69, 9.17) is 0 Å². The molecule has 3 aromatic carbocycles. The summed E-state index contributed by atoms with van der Waals surface area (Å²) < 4.78 is 68.5. The summed E-state index contributed by atoms with van der Waals surface area (Å²) in [5, 5.41) is 0.383. The van der Waals surface area contributed by atoms with Gasteiger partial charge in [-0.05, 0) is 178 Å². The second kappa shape index (κ2) is 14.5. The van der Waals surface area contributed by atoms with Crippen molar-refractivity contribution in [3.8, 4) is 0 Å². The van der Waals surface area contributed by atoms with E-state index >= 15 is 0 Å². The van der Waals surface area contributed by atoms with E-state index in [-0.39, 0.29) is 11.4 Å². The number of carbonyl (C=O) groups is 3. The molecule has 41 heavy (non-hydrogen) atoms. The lowest BCUT2D eigenvalue weighted by Gasteiger charge is -2.19. The lowest BCUT2D eigenvalue weighted by molar-refractivity contribution is -0.00996. The normalized spacial score (nSPS) is 11.6. The number of alkyl halides is 2. The second-order valence-corrected chi connectivity index (χ2v) is 16.4. The van der Waals surface area contributed by atoms with Gasteiger partial charge in [-0.25, -0.2) is 13.2 Å². The minimum Gasteiger partial charge on any atom is -0.743 e. The second-order valence-electron chi connectivity index (χ2n) is 7.87. The van der Waals surface area contributed by atoms with Crippen LogP contribution in [0.3, 0.4) is 0 Å². The van der Waals surface area contributed by atoms with Gasteiger partial charge in [0.2, 0.25) is 0 Å². The van der Waals surface area contributed by atoms with Gasteiger partial charge < -0.3 is 19.9 Å². The van der Waals surface area contributed by atoms with Gasteiger partial charge in [0.25, 0.3) is 11.8 Å². The highest BCUT2D eigenvalue weighted by molar-refractivity contribution is 14.1. The minimum absolute atomic E-state index is 0.000421. The van der Waals surface area contributed by atoms with Crippen LogP contribution in [0.25, 0.3) is 0 Å². The van der Waals surface area contributed by atoms with Gasteiger partial charge >= 0.3 is 11.2 Å². The van der Waals surface area contributed by atoms with Gasteiger partial charge in [-0.15, -0.1) is 0 Å². The maximum absolute atomic E-state index is 13.6. The number of halogens is 8. The van der Waals surface area contributed by atoms with Crippen molar-refractivity contribution in [2.75, 3.05) is 17.2 Å². The molecule has 0 saturated heterocycles. The zero-order chi connectivity index (χ0) is 30.9. The molecule has 2 amide bonds. The highest BCUT2D eigenvalue weighted by Gasteiger charge is 2.39. The Hall–Kier alpha value is 0.220. The predicted molar refractivity (Wildman–Crippen MR) is 196 cm³/mol. The van der Waals surface area contributed by atoms with E-state index in [2.05, 4.69) is 106 Å². The average Bonchev–Trinajstić information content (AvgIpc) is 2.85. The third-order valence-electron chi connectivity index (χ3n) is 4.90. The van der Waals surface area contributed by atoms with Crippen molar-refractivity contribution >= 4 is 175 Å². The number of amides is 2. The molecule has 0 aromatic heterocycles. The quantitative estimate of drug-likeness (QED) is 0.106. The Kier molecular flexibility index (Phi) is 12.7. The van der Waals surface area contributed by atoms with Crippen molar-refractivity contribution in [3.05, 3.63) is 80.6 Å². The Bertz CT molecular complexity index is 1600. The molecule has 0 unspecified atom stereocenters. The summed E-state index contributed by atoms with van der Waals surface area (Å²) in [6.07, 6.45) is 0. The Morgan fingerprint density at radius 3 is 1.56 bits per heavy atom. The van der Waals surface area contributed by atoms with Crippen LogP contribution in [0.1, 0.15) is 31.1 Å². The molecule has 0 saturated carbocycles. The zero-order valence-corrected chi connectivity index (χ0v) is 33.3. The first-order valence-corrected chi connectivity index (χ1v) is 18.3.